The zero-order valence-corrected chi connectivity index (χ0v) is 15.4. The van der Waals surface area contributed by atoms with Crippen molar-refractivity contribution in [2.75, 3.05) is 24.7 Å². The molecule has 0 atom stereocenters. The SMILES string of the molecule is Cc1nc2c(cc1-c1cncc(C3(O)CCOCC3)c1)CCCN2C(N)=O. The van der Waals surface area contributed by atoms with Gasteiger partial charge in [0.15, 0.2) is 0 Å². The van der Waals surface area contributed by atoms with Crippen LogP contribution in [0.25, 0.3) is 11.1 Å². The Bertz CT molecular complexity index is 878. The molecule has 7 heteroatoms. The Morgan fingerprint density at radius 3 is 2.81 bits per heavy atom. The molecule has 4 heterocycles. The molecule has 0 saturated carbocycles. The summed E-state index contributed by atoms with van der Waals surface area (Å²) in [6.07, 6.45) is 6.36. The van der Waals surface area contributed by atoms with Crippen LogP contribution in [0.2, 0.25) is 0 Å². The molecule has 0 aliphatic carbocycles. The first-order valence-corrected chi connectivity index (χ1v) is 9.31. The summed E-state index contributed by atoms with van der Waals surface area (Å²) in [6, 6.07) is 3.59. The Kier molecular flexibility index (Phi) is 4.57. The zero-order valence-electron chi connectivity index (χ0n) is 15.4. The molecule has 2 aliphatic heterocycles. The van der Waals surface area contributed by atoms with Gasteiger partial charge in [0, 0.05) is 67.4 Å². The van der Waals surface area contributed by atoms with Crippen molar-refractivity contribution in [2.24, 2.45) is 5.73 Å². The number of aromatic nitrogens is 2. The van der Waals surface area contributed by atoms with Crippen LogP contribution < -0.4 is 10.6 Å². The van der Waals surface area contributed by atoms with Crippen LogP contribution in [0.3, 0.4) is 0 Å². The van der Waals surface area contributed by atoms with Crippen molar-refractivity contribution in [3.63, 3.8) is 0 Å². The molecule has 142 valence electrons. The molecule has 2 amide bonds. The van der Waals surface area contributed by atoms with E-state index in [0.717, 1.165) is 40.8 Å². The fourth-order valence-electron chi connectivity index (χ4n) is 3.93. The van der Waals surface area contributed by atoms with Gasteiger partial charge in [0.1, 0.15) is 5.82 Å². The third-order valence-corrected chi connectivity index (χ3v) is 5.53. The van der Waals surface area contributed by atoms with E-state index in [9.17, 15) is 9.90 Å². The van der Waals surface area contributed by atoms with Crippen LogP contribution in [-0.2, 0) is 16.8 Å². The van der Waals surface area contributed by atoms with Crippen molar-refractivity contribution in [2.45, 2.75) is 38.2 Å². The number of urea groups is 1. The number of nitrogens with two attached hydrogens (primary N) is 1. The van der Waals surface area contributed by atoms with Gasteiger partial charge in [0.25, 0.3) is 0 Å². The number of hydrogen-bond donors (Lipinski definition) is 2. The van der Waals surface area contributed by atoms with Crippen LogP contribution in [0, 0.1) is 6.92 Å². The van der Waals surface area contributed by atoms with Crippen molar-refractivity contribution in [1.29, 1.82) is 0 Å². The van der Waals surface area contributed by atoms with E-state index in [4.69, 9.17) is 10.5 Å². The molecule has 0 radical (unpaired) electrons. The lowest BCUT2D eigenvalue weighted by Gasteiger charge is -2.32. The molecule has 7 nitrogen and oxygen atoms in total. The number of fused-ring (bicyclic) bond motifs is 1. The molecule has 2 aromatic heterocycles. The number of aliphatic hydroxyl groups is 1. The van der Waals surface area contributed by atoms with Gasteiger partial charge in [-0.15, -0.1) is 0 Å². The predicted octanol–water partition coefficient (Wildman–Crippen LogP) is 2.28. The predicted molar refractivity (Wildman–Crippen MR) is 101 cm³/mol. The summed E-state index contributed by atoms with van der Waals surface area (Å²) in [4.78, 5) is 22.3. The number of primary amides is 1. The van der Waals surface area contributed by atoms with Crippen LogP contribution in [0.1, 0.15) is 36.1 Å². The number of carbonyl (C=O) groups excluding carboxylic acids is 1. The van der Waals surface area contributed by atoms with Crippen LogP contribution in [0.4, 0.5) is 10.6 Å². The summed E-state index contributed by atoms with van der Waals surface area (Å²) in [7, 11) is 0. The first-order chi connectivity index (χ1) is 13.0. The topological polar surface area (TPSA) is 102 Å². The van der Waals surface area contributed by atoms with Crippen molar-refractivity contribution in [1.82, 2.24) is 9.97 Å². The Hall–Kier alpha value is -2.51. The van der Waals surface area contributed by atoms with E-state index in [1.165, 1.54) is 4.90 Å². The number of aryl methyl sites for hydroxylation is 2. The maximum atomic E-state index is 11.7. The molecule has 0 spiro atoms. The molecule has 4 rings (SSSR count). The van der Waals surface area contributed by atoms with E-state index >= 15 is 0 Å². The van der Waals surface area contributed by atoms with Gasteiger partial charge in [0.05, 0.1) is 5.60 Å². The van der Waals surface area contributed by atoms with Crippen molar-refractivity contribution in [3.8, 4) is 11.1 Å². The average Bonchev–Trinajstić information content (AvgIpc) is 2.67. The maximum Gasteiger partial charge on any atom is 0.320 e. The lowest BCUT2D eigenvalue weighted by atomic mass is 9.86. The molecule has 3 N–H and O–H groups in total. The highest BCUT2D eigenvalue weighted by Crippen LogP contribution is 2.36. The first-order valence-electron chi connectivity index (χ1n) is 9.31. The normalized spacial score (nSPS) is 18.8. The Morgan fingerprint density at radius 2 is 2.07 bits per heavy atom. The Balaban J connectivity index is 1.74. The maximum absolute atomic E-state index is 11.7. The molecular formula is C20H24N4O3. The van der Waals surface area contributed by atoms with Gasteiger partial charge in [-0.25, -0.2) is 9.78 Å². The summed E-state index contributed by atoms with van der Waals surface area (Å²) in [6.45, 7) is 3.60. The van der Waals surface area contributed by atoms with Gasteiger partial charge in [-0.05, 0) is 37.5 Å². The van der Waals surface area contributed by atoms with Crippen molar-refractivity contribution in [3.05, 3.63) is 41.3 Å². The molecule has 1 saturated heterocycles. The minimum Gasteiger partial charge on any atom is -0.385 e. The summed E-state index contributed by atoms with van der Waals surface area (Å²) in [5, 5.41) is 11.0. The van der Waals surface area contributed by atoms with Gasteiger partial charge in [-0.2, -0.15) is 0 Å². The first kappa shape index (κ1) is 17.9. The van der Waals surface area contributed by atoms with E-state index in [-0.39, 0.29) is 0 Å². The van der Waals surface area contributed by atoms with E-state index in [1.54, 1.807) is 12.4 Å². The van der Waals surface area contributed by atoms with Gasteiger partial charge in [-0.1, -0.05) is 0 Å². The van der Waals surface area contributed by atoms with Crippen molar-refractivity contribution >= 4 is 11.8 Å². The van der Waals surface area contributed by atoms with Crippen LogP contribution in [0.5, 0.6) is 0 Å². The fraction of sp³-hybridized carbons (Fsp3) is 0.450. The van der Waals surface area contributed by atoms with Crippen LogP contribution >= 0.6 is 0 Å². The zero-order chi connectivity index (χ0) is 19.0. The second-order valence-electron chi connectivity index (χ2n) is 7.30. The minimum absolute atomic E-state index is 0.471. The second-order valence-corrected chi connectivity index (χ2v) is 7.30. The van der Waals surface area contributed by atoms with Gasteiger partial charge in [-0.3, -0.25) is 9.88 Å². The van der Waals surface area contributed by atoms with E-state index in [0.29, 0.717) is 38.4 Å². The molecule has 1 fully saturated rings. The molecule has 0 bridgehead atoms. The number of anilines is 1. The van der Waals surface area contributed by atoms with E-state index in [2.05, 4.69) is 16.0 Å². The molecular weight excluding hydrogens is 344 g/mol. The smallest absolute Gasteiger partial charge is 0.320 e. The van der Waals surface area contributed by atoms with Gasteiger partial charge < -0.3 is 15.6 Å². The van der Waals surface area contributed by atoms with Gasteiger partial charge in [0.2, 0.25) is 0 Å². The van der Waals surface area contributed by atoms with Gasteiger partial charge >= 0.3 is 6.03 Å². The molecule has 0 unspecified atom stereocenters. The molecule has 2 aliphatic rings. The van der Waals surface area contributed by atoms with Crippen molar-refractivity contribution < 1.29 is 14.6 Å². The molecule has 0 aromatic carbocycles. The number of ether oxygens (including phenoxy) is 1. The number of nitrogens with zero attached hydrogens (tertiary/aromatic N) is 3. The van der Waals surface area contributed by atoms with Crippen LogP contribution in [0.15, 0.2) is 24.5 Å². The second kappa shape index (κ2) is 6.90. The highest BCUT2D eigenvalue weighted by Gasteiger charge is 2.32. The number of carbonyl (C=O) groups is 1. The lowest BCUT2D eigenvalue weighted by molar-refractivity contribution is -0.0680. The molecule has 2 aromatic rings. The number of hydrogen-bond acceptors (Lipinski definition) is 5. The minimum atomic E-state index is -0.903. The third kappa shape index (κ3) is 3.28. The highest BCUT2D eigenvalue weighted by atomic mass is 16.5. The summed E-state index contributed by atoms with van der Waals surface area (Å²) >= 11 is 0. The van der Waals surface area contributed by atoms with E-state index < -0.39 is 11.6 Å². The van der Waals surface area contributed by atoms with E-state index in [1.807, 2.05) is 13.0 Å². The van der Waals surface area contributed by atoms with Crippen LogP contribution in [-0.4, -0.2) is 40.9 Å². The standard InChI is InChI=1S/C20H24N4O3/c1-13-17(10-14-3-2-6-24(19(21)25)18(14)23-13)15-9-16(12-22-11-15)20(26)4-7-27-8-5-20/h9-12,26H,2-8H2,1H3,(H2,21,25). The third-order valence-electron chi connectivity index (χ3n) is 5.53. The largest absolute Gasteiger partial charge is 0.385 e. The lowest BCUT2D eigenvalue weighted by Crippen LogP contribution is -2.40. The Morgan fingerprint density at radius 1 is 1.30 bits per heavy atom. The number of amides is 2. The highest BCUT2D eigenvalue weighted by molar-refractivity contribution is 5.91. The monoisotopic (exact) mass is 368 g/mol. The summed E-state index contributed by atoms with van der Waals surface area (Å²) < 4.78 is 5.38. The number of pyridine rings is 2. The summed E-state index contributed by atoms with van der Waals surface area (Å²) in [5.74, 6) is 0.655. The average molecular weight is 368 g/mol. The molecule has 27 heavy (non-hydrogen) atoms. The number of rotatable bonds is 2. The quantitative estimate of drug-likeness (QED) is 0.847. The fourth-order valence-corrected chi connectivity index (χ4v) is 3.93. The Labute approximate surface area is 158 Å². The summed E-state index contributed by atoms with van der Waals surface area (Å²) in [5.41, 5.74) is 9.09.